The summed E-state index contributed by atoms with van der Waals surface area (Å²) in [5, 5.41) is 54.7. The van der Waals surface area contributed by atoms with Crippen molar-refractivity contribution in [2.45, 2.75) is 62.2 Å². The third kappa shape index (κ3) is 4.02. The van der Waals surface area contributed by atoms with Crippen molar-refractivity contribution in [2.24, 2.45) is 0 Å². The number of nitrogens with one attached hydrogen (secondary N) is 7. The summed E-state index contributed by atoms with van der Waals surface area (Å²) >= 11 is 0. The molecule has 2 amide bonds. The first-order valence-corrected chi connectivity index (χ1v) is 13.7. The van der Waals surface area contributed by atoms with E-state index >= 15 is 0 Å². The number of aryl methyl sites for hydroxylation is 1. The van der Waals surface area contributed by atoms with Crippen LogP contribution in [0.5, 0.6) is 5.75 Å². The highest BCUT2D eigenvalue weighted by Gasteiger charge is 2.74. The van der Waals surface area contributed by atoms with Crippen molar-refractivity contribution in [3.05, 3.63) is 53.1 Å². The predicted molar refractivity (Wildman–Crippen MR) is 149 cm³/mol. The van der Waals surface area contributed by atoms with Crippen molar-refractivity contribution in [3.63, 3.8) is 0 Å². The minimum absolute atomic E-state index is 0.0458. The number of nitrogens with zero attached hydrogens (tertiary/aromatic N) is 3. The van der Waals surface area contributed by atoms with Gasteiger partial charge in [-0.25, -0.2) is 4.98 Å². The quantitative estimate of drug-likeness (QED) is 0.185. The van der Waals surface area contributed by atoms with E-state index in [2.05, 4.69) is 50.4 Å². The lowest BCUT2D eigenvalue weighted by Crippen LogP contribution is -2.81. The van der Waals surface area contributed by atoms with E-state index in [0.717, 1.165) is 12.0 Å². The van der Waals surface area contributed by atoms with Gasteiger partial charge in [0, 0.05) is 31.0 Å². The van der Waals surface area contributed by atoms with Crippen LogP contribution in [0.2, 0.25) is 0 Å². The Bertz CT molecular complexity index is 1500. The summed E-state index contributed by atoms with van der Waals surface area (Å²) in [5.41, 5.74) is -0.255. The van der Waals surface area contributed by atoms with E-state index in [1.165, 1.54) is 17.3 Å². The Balaban J connectivity index is 1.26. The lowest BCUT2D eigenvalue weighted by atomic mass is 9.79. The van der Waals surface area contributed by atoms with Crippen LogP contribution in [0, 0.1) is 17.7 Å². The number of aliphatic hydroxyl groups is 2. The number of benzene rings is 1. The van der Waals surface area contributed by atoms with Crippen molar-refractivity contribution >= 4 is 23.7 Å². The van der Waals surface area contributed by atoms with E-state index < -0.39 is 41.4 Å². The number of amides is 2. The van der Waals surface area contributed by atoms with Crippen molar-refractivity contribution in [2.75, 3.05) is 19.7 Å². The average Bonchev–Trinajstić information content (AvgIpc) is 3.41. The van der Waals surface area contributed by atoms with Gasteiger partial charge in [-0.15, -0.1) is 0 Å². The summed E-state index contributed by atoms with van der Waals surface area (Å²) < 4.78 is 5.89. The normalized spacial score (nSPS) is 28.2. The van der Waals surface area contributed by atoms with Gasteiger partial charge in [-0.3, -0.25) is 25.4 Å². The Kier molecular flexibility index (Phi) is 6.27. The van der Waals surface area contributed by atoms with E-state index in [-0.39, 0.29) is 41.7 Å². The molecular weight excluding hydrogens is 544 g/mol. The Morgan fingerprint density at radius 2 is 1.93 bits per heavy atom. The third-order valence-electron chi connectivity index (χ3n) is 8.74. The van der Waals surface area contributed by atoms with Crippen LogP contribution in [0.4, 0.5) is 0 Å². The second-order valence-corrected chi connectivity index (χ2v) is 11.7. The SMILES string of the molecule is Cc1nccnc1C(=O)NC[C@@H]1NC(=N)N2C[C@H](NC(=O)c3cccc4c3OCCC4(C)C)C(O)(O)[C@@]23NC(=N)N[C@@H]13. The van der Waals surface area contributed by atoms with Gasteiger partial charge in [0.15, 0.2) is 17.6 Å². The Labute approximate surface area is 241 Å². The molecule has 2 aromatic rings. The minimum atomic E-state index is -2.66. The molecule has 42 heavy (non-hydrogen) atoms. The molecule has 0 bridgehead atoms. The number of para-hydroxylation sites is 1. The number of fused-ring (bicyclic) bond motifs is 1. The molecule has 4 aliphatic rings. The zero-order valence-corrected chi connectivity index (χ0v) is 23.4. The summed E-state index contributed by atoms with van der Waals surface area (Å²) in [6.45, 7) is 6.07. The first-order chi connectivity index (χ1) is 19.9. The van der Waals surface area contributed by atoms with Crippen LogP contribution in [0.15, 0.2) is 30.6 Å². The molecule has 0 saturated carbocycles. The summed E-state index contributed by atoms with van der Waals surface area (Å²) in [6.07, 6.45) is 3.68. The van der Waals surface area contributed by atoms with E-state index in [1.54, 1.807) is 19.1 Å². The van der Waals surface area contributed by atoms with Crippen LogP contribution in [-0.4, -0.2) is 98.1 Å². The Morgan fingerprint density at radius 1 is 1.17 bits per heavy atom. The van der Waals surface area contributed by atoms with E-state index in [9.17, 15) is 19.8 Å². The van der Waals surface area contributed by atoms with Crippen LogP contribution in [0.3, 0.4) is 0 Å². The molecule has 4 atom stereocenters. The highest BCUT2D eigenvalue weighted by Crippen LogP contribution is 2.44. The number of guanidine groups is 2. The molecule has 3 saturated heterocycles. The molecule has 0 unspecified atom stereocenters. The smallest absolute Gasteiger partial charge is 0.271 e. The van der Waals surface area contributed by atoms with Crippen LogP contribution in [0.1, 0.15) is 52.4 Å². The van der Waals surface area contributed by atoms with Gasteiger partial charge < -0.3 is 46.4 Å². The molecule has 1 aromatic heterocycles. The lowest BCUT2D eigenvalue weighted by Gasteiger charge is -2.51. The third-order valence-corrected chi connectivity index (χ3v) is 8.74. The Morgan fingerprint density at radius 3 is 2.69 bits per heavy atom. The maximum atomic E-state index is 13.6. The number of hydrogen-bond donors (Lipinski definition) is 9. The van der Waals surface area contributed by atoms with Gasteiger partial charge in [0.2, 0.25) is 5.79 Å². The fraction of sp³-hybridized carbons (Fsp3) is 0.481. The van der Waals surface area contributed by atoms with Crippen LogP contribution in [-0.2, 0) is 5.41 Å². The predicted octanol–water partition coefficient (Wildman–Crippen LogP) is -1.53. The highest BCUT2D eigenvalue weighted by atomic mass is 16.5. The molecule has 4 aliphatic heterocycles. The zero-order valence-electron chi connectivity index (χ0n) is 23.4. The topological polar surface area (TPSA) is 221 Å². The fourth-order valence-electron chi connectivity index (χ4n) is 6.45. The number of carbonyl (C=O) groups is 2. The molecule has 5 heterocycles. The van der Waals surface area contributed by atoms with Gasteiger partial charge in [0.1, 0.15) is 17.5 Å². The first kappa shape index (κ1) is 27.7. The van der Waals surface area contributed by atoms with Crippen LogP contribution < -0.4 is 31.3 Å². The molecule has 15 heteroatoms. The van der Waals surface area contributed by atoms with Gasteiger partial charge in [-0.2, -0.15) is 0 Å². The molecule has 15 nitrogen and oxygen atoms in total. The van der Waals surface area contributed by atoms with Gasteiger partial charge in [0.05, 0.1) is 29.9 Å². The van der Waals surface area contributed by atoms with Crippen molar-refractivity contribution in [3.8, 4) is 5.75 Å². The molecule has 1 aromatic carbocycles. The molecule has 0 aliphatic carbocycles. The molecule has 9 N–H and O–H groups in total. The van der Waals surface area contributed by atoms with E-state index in [0.29, 0.717) is 18.1 Å². The zero-order chi connectivity index (χ0) is 30.0. The van der Waals surface area contributed by atoms with Gasteiger partial charge in [-0.05, 0) is 24.8 Å². The molecular formula is C27H34N10O5. The number of ether oxygens (including phenoxy) is 1. The molecule has 1 spiro atoms. The standard InChI is InChI=1S/C27H34N10O5/c1-13-18(31-9-8-30-13)22(39)32-11-16-20-26(36-23(28)35-20)27(40,41)17(12-37(26)24(29)33-16)34-21(38)14-5-4-6-15-19(14)42-10-7-25(15,2)3/h4-6,8-9,16-17,20,40-41H,7,10-12H2,1-3H3,(H2,29,33)(H,32,39)(H,34,38)(H3,28,35,36)/t16-,17-,20-,26-/m0/s1. The van der Waals surface area contributed by atoms with Crippen molar-refractivity contribution in [1.82, 2.24) is 41.5 Å². The summed E-state index contributed by atoms with van der Waals surface area (Å²) in [4.78, 5) is 35.9. The second-order valence-electron chi connectivity index (χ2n) is 11.7. The summed E-state index contributed by atoms with van der Waals surface area (Å²) in [7, 11) is 0. The number of hydrogen-bond acceptors (Lipinski definition) is 9. The molecule has 3 fully saturated rings. The largest absolute Gasteiger partial charge is 0.492 e. The molecule has 6 rings (SSSR count). The van der Waals surface area contributed by atoms with Crippen LogP contribution >= 0.6 is 0 Å². The average molecular weight is 579 g/mol. The maximum Gasteiger partial charge on any atom is 0.271 e. The monoisotopic (exact) mass is 578 g/mol. The van der Waals surface area contributed by atoms with E-state index in [1.807, 2.05) is 6.07 Å². The molecule has 0 radical (unpaired) electrons. The number of rotatable bonds is 5. The maximum absolute atomic E-state index is 13.6. The lowest BCUT2D eigenvalue weighted by molar-refractivity contribution is -0.232. The highest BCUT2D eigenvalue weighted by molar-refractivity contribution is 5.98. The Hall–Kier alpha value is -4.50. The minimum Gasteiger partial charge on any atom is -0.492 e. The van der Waals surface area contributed by atoms with E-state index in [4.69, 9.17) is 15.6 Å². The first-order valence-electron chi connectivity index (χ1n) is 13.7. The summed E-state index contributed by atoms with van der Waals surface area (Å²) in [6, 6.07) is 2.39. The van der Waals surface area contributed by atoms with Gasteiger partial charge in [0.25, 0.3) is 11.8 Å². The number of carbonyl (C=O) groups excluding carboxylic acids is 2. The molecule has 222 valence electrons. The van der Waals surface area contributed by atoms with Crippen molar-refractivity contribution < 1.29 is 24.5 Å². The van der Waals surface area contributed by atoms with Gasteiger partial charge in [-0.1, -0.05) is 26.0 Å². The second kappa shape index (κ2) is 9.52. The van der Waals surface area contributed by atoms with Crippen LogP contribution in [0.25, 0.3) is 0 Å². The summed E-state index contributed by atoms with van der Waals surface area (Å²) in [5.74, 6) is -3.61. The fourth-order valence-corrected chi connectivity index (χ4v) is 6.45. The van der Waals surface area contributed by atoms with Crippen molar-refractivity contribution in [1.29, 1.82) is 10.8 Å². The van der Waals surface area contributed by atoms with Gasteiger partial charge >= 0.3 is 0 Å². The number of aromatic nitrogens is 2.